The number of thiophene rings is 2. The maximum absolute atomic E-state index is 10.5. The first-order chi connectivity index (χ1) is 29.5. The number of rotatable bonds is 22. The van der Waals surface area contributed by atoms with E-state index in [1.165, 1.54) is 85.0 Å². The van der Waals surface area contributed by atoms with E-state index < -0.39 is 0 Å². The van der Waals surface area contributed by atoms with Crippen LogP contribution in [-0.2, 0) is 11.2 Å². The molecule has 0 saturated carbocycles. The predicted molar refractivity (Wildman–Crippen MR) is 267 cm³/mol. The standard InChI is InChI=1S/C23H31NOS.C18H27NO2.C6H8S.C6H5.ClH.Li/c1-4-6-16-24(17-7-5-2)21-15-14-20(23(19-21)25-3)11-8-9-12-22-13-10-18-26-22;1-4-6-12-19(13-7-5-2)17-11-10-16(9-8-14-20)18(15-17)21-3;1-2-6-4-3-5-7-6;1-2-4-6-5-3-1;;/h8-15,18-19H,4-7,16-17H2,1-3H3;8-11,14-15H,4-7,12-13H2,1-3H3;3-5H,2H2,1H3;1-5H;1H;/q;;;-1;;+1/p-1/b11-8+,12-9?;9-8+;;;;. The zero-order chi connectivity index (χ0) is 43.5. The van der Waals surface area contributed by atoms with Crippen LogP contribution in [0.3, 0.4) is 0 Å². The van der Waals surface area contributed by atoms with Gasteiger partial charge in [-0.05, 0) is 97.5 Å². The number of benzene rings is 3. The summed E-state index contributed by atoms with van der Waals surface area (Å²) in [5, 5.41) is 4.20. The molecule has 5 rings (SSSR count). The molecule has 0 saturated heterocycles. The molecule has 0 aliphatic heterocycles. The Morgan fingerprint density at radius 2 is 1.05 bits per heavy atom. The van der Waals surface area contributed by atoms with Crippen LogP contribution in [0.5, 0.6) is 11.5 Å². The second-order valence-corrected chi connectivity index (χ2v) is 16.0. The molecule has 0 radical (unpaired) electrons. The fourth-order valence-corrected chi connectivity index (χ4v) is 7.18. The van der Waals surface area contributed by atoms with Crippen LogP contribution >= 0.6 is 22.7 Å². The number of methoxy groups -OCH3 is 2. The minimum absolute atomic E-state index is 0. The summed E-state index contributed by atoms with van der Waals surface area (Å²) in [6.45, 7) is 15.5. The molecule has 0 aliphatic rings. The number of aldehydes is 1. The van der Waals surface area contributed by atoms with Gasteiger partial charge in [-0.25, -0.2) is 0 Å². The van der Waals surface area contributed by atoms with Crippen molar-refractivity contribution in [1.29, 1.82) is 0 Å². The number of halogens is 1. The van der Waals surface area contributed by atoms with Gasteiger partial charge >= 0.3 is 18.9 Å². The van der Waals surface area contributed by atoms with Crippen molar-refractivity contribution in [2.24, 2.45) is 0 Å². The Morgan fingerprint density at radius 3 is 1.39 bits per heavy atom. The quantitative estimate of drug-likeness (QED) is 0.0228. The predicted octanol–water partition coefficient (Wildman–Crippen LogP) is 9.01. The molecule has 5 aromatic rings. The van der Waals surface area contributed by atoms with Crippen molar-refractivity contribution in [2.45, 2.75) is 92.4 Å². The molecule has 0 N–H and O–H groups in total. The van der Waals surface area contributed by atoms with Crippen LogP contribution in [0.2, 0.25) is 0 Å². The van der Waals surface area contributed by atoms with Crippen LogP contribution in [0.1, 0.15) is 107 Å². The fraction of sp³-hybridized carbons (Fsp3) is 0.377. The zero-order valence-electron chi connectivity index (χ0n) is 38.9. The maximum atomic E-state index is 10.5. The van der Waals surface area contributed by atoms with Gasteiger partial charge in [0.2, 0.25) is 0 Å². The molecule has 62 heavy (non-hydrogen) atoms. The van der Waals surface area contributed by atoms with E-state index in [1.54, 1.807) is 31.6 Å². The van der Waals surface area contributed by atoms with Gasteiger partial charge in [0, 0.05) is 70.6 Å². The number of ether oxygens (including phenoxy) is 2. The van der Waals surface area contributed by atoms with E-state index in [0.29, 0.717) is 0 Å². The number of anilines is 2. The van der Waals surface area contributed by atoms with Gasteiger partial charge in [-0.2, -0.15) is 36.4 Å². The molecule has 0 unspecified atom stereocenters. The Bertz CT molecular complexity index is 1820. The van der Waals surface area contributed by atoms with Gasteiger partial charge in [-0.15, -0.1) is 22.7 Å². The van der Waals surface area contributed by atoms with Crippen LogP contribution in [-0.4, -0.2) is 46.7 Å². The van der Waals surface area contributed by atoms with Gasteiger partial charge in [-0.1, -0.05) is 90.7 Å². The van der Waals surface area contributed by atoms with Crippen molar-refractivity contribution in [3.8, 4) is 11.5 Å². The van der Waals surface area contributed by atoms with Crippen molar-refractivity contribution < 1.29 is 45.5 Å². The van der Waals surface area contributed by atoms with Gasteiger partial charge < -0.3 is 31.7 Å². The van der Waals surface area contributed by atoms with Crippen LogP contribution in [0.25, 0.3) is 18.2 Å². The average Bonchev–Trinajstić information content (AvgIpc) is 4.04. The van der Waals surface area contributed by atoms with Gasteiger partial charge in [0.05, 0.1) is 14.2 Å². The minimum Gasteiger partial charge on any atom is -1.00 e. The summed E-state index contributed by atoms with van der Waals surface area (Å²) in [6, 6.07) is 33.7. The van der Waals surface area contributed by atoms with Crippen molar-refractivity contribution in [3.63, 3.8) is 0 Å². The number of nitrogens with zero attached hydrogens (tertiary/aromatic N) is 2. The molecule has 3 aromatic carbocycles. The minimum atomic E-state index is 0. The monoisotopic (exact) mass is 889 g/mol. The van der Waals surface area contributed by atoms with E-state index in [1.807, 2.05) is 47.7 Å². The third-order valence-corrected chi connectivity index (χ3v) is 11.2. The number of hydrogen-bond donors (Lipinski definition) is 0. The Morgan fingerprint density at radius 1 is 0.581 bits per heavy atom. The van der Waals surface area contributed by atoms with Crippen LogP contribution in [0, 0.1) is 6.07 Å². The summed E-state index contributed by atoms with van der Waals surface area (Å²) in [7, 11) is 3.42. The molecular formula is C53H71ClLiN2O3S2-. The van der Waals surface area contributed by atoms with E-state index >= 15 is 0 Å². The third-order valence-electron chi connectivity index (χ3n) is 9.37. The summed E-state index contributed by atoms with van der Waals surface area (Å²) in [6.07, 6.45) is 23.3. The van der Waals surface area contributed by atoms with E-state index in [-0.39, 0.29) is 31.3 Å². The molecule has 0 fully saturated rings. The van der Waals surface area contributed by atoms with E-state index in [2.05, 4.69) is 140 Å². The molecule has 9 heteroatoms. The summed E-state index contributed by atoms with van der Waals surface area (Å²) in [5.74, 6) is 1.74. The molecule has 5 nitrogen and oxygen atoms in total. The smallest absolute Gasteiger partial charge is 1.00 e. The Balaban J connectivity index is 0.000000913. The van der Waals surface area contributed by atoms with Crippen molar-refractivity contribution in [2.75, 3.05) is 50.2 Å². The summed E-state index contributed by atoms with van der Waals surface area (Å²) in [5.41, 5.74) is 4.49. The second-order valence-electron chi connectivity index (χ2n) is 14.0. The van der Waals surface area contributed by atoms with Crippen molar-refractivity contribution >= 4 is 58.6 Å². The van der Waals surface area contributed by atoms with Crippen LogP contribution in [0.15, 0.2) is 120 Å². The van der Waals surface area contributed by atoms with Crippen LogP contribution < -0.4 is 50.5 Å². The Hall–Kier alpha value is -3.96. The fourth-order valence-electron chi connectivity index (χ4n) is 5.90. The van der Waals surface area contributed by atoms with Crippen molar-refractivity contribution in [3.05, 3.63) is 147 Å². The number of carbonyl (C=O) groups excluding carboxylic acids is 1. The van der Waals surface area contributed by atoms with Crippen molar-refractivity contribution in [1.82, 2.24) is 0 Å². The van der Waals surface area contributed by atoms with Gasteiger partial charge in [0.1, 0.15) is 17.8 Å². The first-order valence-electron chi connectivity index (χ1n) is 21.8. The molecule has 0 bridgehead atoms. The number of hydrogen-bond acceptors (Lipinski definition) is 7. The van der Waals surface area contributed by atoms with E-state index in [0.717, 1.165) is 55.1 Å². The number of aryl methyl sites for hydroxylation is 1. The Kier molecular flexibility index (Phi) is 36.2. The molecule has 2 heterocycles. The van der Waals surface area contributed by atoms with E-state index in [4.69, 9.17) is 9.47 Å². The maximum Gasteiger partial charge on any atom is 1.00 e. The first kappa shape index (κ1) is 58.0. The largest absolute Gasteiger partial charge is 1.00 e. The Labute approximate surface area is 402 Å². The molecule has 0 amide bonds. The molecule has 0 spiro atoms. The zero-order valence-corrected chi connectivity index (χ0v) is 41.3. The summed E-state index contributed by atoms with van der Waals surface area (Å²) in [4.78, 5) is 18.1. The average molecular weight is 891 g/mol. The SMILES string of the molecule is CCCCN(CCCC)c1ccc(/C=C/C=Cc2cccs2)c(OC)c1.CCCCN(CCCC)c1ccc(/C=C/C=O)c(OC)c1.CCc1cccs1.[Cl-].[Li+].[c-]1ccccc1. The third kappa shape index (κ3) is 24.6. The van der Waals surface area contributed by atoms with Gasteiger partial charge in [0.25, 0.3) is 0 Å². The second kappa shape index (κ2) is 38.7. The molecular weight excluding hydrogens is 819 g/mol. The normalized spacial score (nSPS) is 10.3. The van der Waals surface area contributed by atoms with E-state index in [9.17, 15) is 4.79 Å². The summed E-state index contributed by atoms with van der Waals surface area (Å²) < 4.78 is 11.1. The number of allylic oxidation sites excluding steroid dienone is 3. The van der Waals surface area contributed by atoms with Gasteiger partial charge in [-0.3, -0.25) is 4.79 Å². The molecule has 0 atom stereocenters. The topological polar surface area (TPSA) is 42.0 Å². The van der Waals surface area contributed by atoms with Gasteiger partial charge in [0.15, 0.2) is 0 Å². The molecule has 332 valence electrons. The molecule has 0 aliphatic carbocycles. The van der Waals surface area contributed by atoms with Crippen LogP contribution in [0.4, 0.5) is 11.4 Å². The molecule has 2 aromatic heterocycles. The first-order valence-corrected chi connectivity index (χ1v) is 23.5. The number of carbonyl (C=O) groups is 1. The summed E-state index contributed by atoms with van der Waals surface area (Å²) >= 11 is 3.57. The number of unbranched alkanes of at least 4 members (excludes halogenated alkanes) is 4.